The molecule has 0 amide bonds. The van der Waals surface area contributed by atoms with Crippen LogP contribution in [0.5, 0.6) is 28.7 Å². The number of phenols is 4. The molecule has 16 nitrogen and oxygen atoms in total. The summed E-state index contributed by atoms with van der Waals surface area (Å²) < 4.78 is 33.9. The minimum absolute atomic E-state index is 0.0283. The highest BCUT2D eigenvalue weighted by atomic mass is 16.7. The lowest BCUT2D eigenvalue weighted by Gasteiger charge is -2.43. The van der Waals surface area contributed by atoms with Crippen LogP contribution in [-0.2, 0) is 28.5 Å². The van der Waals surface area contributed by atoms with Gasteiger partial charge in [0.05, 0.1) is 18.3 Å². The number of phenolic OH excluding ortho intramolecular Hbond substituents is 4. The number of rotatable bonds is 7. The van der Waals surface area contributed by atoms with E-state index in [0.29, 0.717) is 0 Å². The fraction of sp³-hybridized carbons (Fsp3) is 0.483. The molecular formula is C29H34O16. The van der Waals surface area contributed by atoms with Gasteiger partial charge in [0.2, 0.25) is 6.29 Å². The Labute approximate surface area is 255 Å². The molecule has 246 valence electrons. The molecule has 2 saturated heterocycles. The Morgan fingerprint density at radius 2 is 1.56 bits per heavy atom. The van der Waals surface area contributed by atoms with Crippen molar-refractivity contribution in [3.8, 4) is 28.7 Å². The molecule has 11 unspecified atom stereocenters. The number of esters is 1. The molecule has 3 aliphatic rings. The third kappa shape index (κ3) is 6.58. The van der Waals surface area contributed by atoms with Crippen LogP contribution in [0.15, 0.2) is 36.1 Å². The lowest BCUT2D eigenvalue weighted by atomic mass is 9.98. The Morgan fingerprint density at radius 1 is 0.822 bits per heavy atom. The highest BCUT2D eigenvalue weighted by Crippen LogP contribution is 2.45. The summed E-state index contributed by atoms with van der Waals surface area (Å²) in [5, 5.41) is 92.9. The molecule has 2 fully saturated rings. The van der Waals surface area contributed by atoms with Crippen LogP contribution < -0.4 is 4.74 Å². The van der Waals surface area contributed by atoms with E-state index in [1.54, 1.807) is 0 Å². The molecule has 0 aliphatic carbocycles. The van der Waals surface area contributed by atoms with E-state index < -0.39 is 91.6 Å². The first-order valence-electron chi connectivity index (χ1n) is 13.9. The molecule has 3 aliphatic heterocycles. The third-order valence-corrected chi connectivity index (χ3v) is 7.63. The summed E-state index contributed by atoms with van der Waals surface area (Å²) in [6, 6.07) is 6.04. The highest BCUT2D eigenvalue weighted by molar-refractivity contribution is 5.70. The fourth-order valence-corrected chi connectivity index (χ4v) is 5.20. The van der Waals surface area contributed by atoms with Crippen molar-refractivity contribution in [2.45, 2.75) is 81.4 Å². The monoisotopic (exact) mass is 638 g/mol. The molecule has 9 N–H and O–H groups in total. The molecule has 0 spiro atoms. The first kappa shape index (κ1) is 32.5. The molecule has 16 heteroatoms. The smallest absolute Gasteiger partial charge is 0.303 e. The average molecular weight is 639 g/mol. The average Bonchev–Trinajstić information content (AvgIpc) is 2.98. The number of carbonyl (C=O) groups excluding carboxylic acids is 1. The standard InChI is InChI=1S/C29H34O16/c1-10-21(35)24(38)27(42-11(2)30)29(41-10)40-9-20-22(36)23(37)25(39)28(45-20)44-19-8-14-16(33)6-13(31)7-18(14)43-26(19)12-3-4-15(32)17(34)5-12/h3-8,10,20-29,31-39H,9H2,1-2H3. The maximum atomic E-state index is 11.6. The Balaban J connectivity index is 1.39. The molecule has 0 aromatic heterocycles. The maximum Gasteiger partial charge on any atom is 0.303 e. The molecule has 3 heterocycles. The van der Waals surface area contributed by atoms with Gasteiger partial charge in [0, 0.05) is 24.6 Å². The topological polar surface area (TPSA) is 255 Å². The van der Waals surface area contributed by atoms with E-state index in [4.69, 9.17) is 28.4 Å². The molecular weight excluding hydrogens is 604 g/mol. The number of hydrogen-bond acceptors (Lipinski definition) is 16. The summed E-state index contributed by atoms with van der Waals surface area (Å²) in [6.45, 7) is 1.99. The van der Waals surface area contributed by atoms with E-state index in [-0.39, 0.29) is 34.1 Å². The second-order valence-electron chi connectivity index (χ2n) is 10.9. The Morgan fingerprint density at radius 3 is 2.24 bits per heavy atom. The zero-order chi connectivity index (χ0) is 32.7. The zero-order valence-corrected chi connectivity index (χ0v) is 23.9. The first-order valence-corrected chi connectivity index (χ1v) is 13.9. The second kappa shape index (κ2) is 12.9. The SMILES string of the molecule is CC(=O)OC1C(OCC2OC(OC3=Cc4c(O)cc(O)cc4OC3c3ccc(O)c(O)c3)C(O)C(O)C2O)OC(C)C(O)C1O. The molecule has 2 aromatic rings. The van der Waals surface area contributed by atoms with Gasteiger partial charge in [0.1, 0.15) is 59.6 Å². The second-order valence-corrected chi connectivity index (χ2v) is 10.9. The van der Waals surface area contributed by atoms with Gasteiger partial charge in [-0.15, -0.1) is 0 Å². The summed E-state index contributed by atoms with van der Waals surface area (Å²) in [5.41, 5.74) is 0.310. The molecule has 45 heavy (non-hydrogen) atoms. The van der Waals surface area contributed by atoms with Crippen molar-refractivity contribution in [3.05, 3.63) is 47.2 Å². The lowest BCUT2D eigenvalue weighted by Crippen LogP contribution is -2.61. The van der Waals surface area contributed by atoms with Crippen LogP contribution in [0.1, 0.15) is 31.1 Å². The van der Waals surface area contributed by atoms with Crippen molar-refractivity contribution in [3.63, 3.8) is 0 Å². The molecule has 11 atom stereocenters. The summed E-state index contributed by atoms with van der Waals surface area (Å²) in [5.74, 6) is -2.48. The number of aliphatic hydroxyl groups excluding tert-OH is 5. The van der Waals surface area contributed by atoms with Crippen LogP contribution in [0.25, 0.3) is 6.08 Å². The van der Waals surface area contributed by atoms with Crippen molar-refractivity contribution in [1.29, 1.82) is 0 Å². The summed E-state index contributed by atoms with van der Waals surface area (Å²) in [6.07, 6.45) is -15.1. The Kier molecular flexibility index (Phi) is 9.29. The van der Waals surface area contributed by atoms with Crippen molar-refractivity contribution >= 4 is 12.0 Å². The number of carbonyl (C=O) groups is 1. The maximum absolute atomic E-state index is 11.6. The third-order valence-electron chi connectivity index (χ3n) is 7.63. The predicted molar refractivity (Wildman–Crippen MR) is 147 cm³/mol. The summed E-state index contributed by atoms with van der Waals surface area (Å²) >= 11 is 0. The van der Waals surface area contributed by atoms with Gasteiger partial charge in [-0.1, -0.05) is 6.07 Å². The van der Waals surface area contributed by atoms with Crippen LogP contribution in [0.4, 0.5) is 0 Å². The van der Waals surface area contributed by atoms with Crippen LogP contribution in [0.3, 0.4) is 0 Å². The number of fused-ring (bicyclic) bond motifs is 1. The number of aromatic hydroxyl groups is 4. The van der Waals surface area contributed by atoms with Crippen molar-refractivity contribution < 1.29 is 79.2 Å². The van der Waals surface area contributed by atoms with E-state index in [1.165, 1.54) is 37.3 Å². The molecule has 2 aromatic carbocycles. The Bertz CT molecular complexity index is 1430. The van der Waals surface area contributed by atoms with Crippen LogP contribution in [-0.4, -0.2) is 120 Å². The van der Waals surface area contributed by atoms with Crippen LogP contribution in [0, 0.1) is 0 Å². The van der Waals surface area contributed by atoms with Crippen LogP contribution in [0.2, 0.25) is 0 Å². The van der Waals surface area contributed by atoms with E-state index in [0.717, 1.165) is 13.0 Å². The van der Waals surface area contributed by atoms with Crippen molar-refractivity contribution in [2.75, 3.05) is 6.61 Å². The predicted octanol–water partition coefficient (Wildman–Crippen LogP) is -0.777. The van der Waals surface area contributed by atoms with Crippen molar-refractivity contribution in [2.24, 2.45) is 0 Å². The fourth-order valence-electron chi connectivity index (χ4n) is 5.20. The minimum atomic E-state index is -1.84. The van der Waals surface area contributed by atoms with E-state index in [2.05, 4.69) is 0 Å². The van der Waals surface area contributed by atoms with E-state index in [9.17, 15) is 50.8 Å². The molecule has 0 bridgehead atoms. The first-order chi connectivity index (χ1) is 21.2. The minimum Gasteiger partial charge on any atom is -0.508 e. The van der Waals surface area contributed by atoms with Gasteiger partial charge in [0.25, 0.3) is 0 Å². The quantitative estimate of drug-likeness (QED) is 0.133. The normalized spacial score (nSPS) is 34.6. The molecule has 5 rings (SSSR count). The number of aliphatic hydroxyl groups is 5. The van der Waals surface area contributed by atoms with E-state index >= 15 is 0 Å². The van der Waals surface area contributed by atoms with Gasteiger partial charge in [-0.25, -0.2) is 0 Å². The molecule has 0 radical (unpaired) electrons. The lowest BCUT2D eigenvalue weighted by molar-refractivity contribution is -0.325. The number of benzene rings is 2. The zero-order valence-electron chi connectivity index (χ0n) is 23.9. The Hall–Kier alpha value is -3.87. The number of hydrogen-bond donors (Lipinski definition) is 9. The van der Waals surface area contributed by atoms with Crippen molar-refractivity contribution in [1.82, 2.24) is 0 Å². The van der Waals surface area contributed by atoms with Gasteiger partial charge >= 0.3 is 5.97 Å². The molecule has 0 saturated carbocycles. The summed E-state index contributed by atoms with van der Waals surface area (Å²) in [4.78, 5) is 11.6. The van der Waals surface area contributed by atoms with Gasteiger partial charge in [-0.3, -0.25) is 4.79 Å². The van der Waals surface area contributed by atoms with Gasteiger partial charge in [-0.05, 0) is 25.1 Å². The van der Waals surface area contributed by atoms with Crippen LogP contribution >= 0.6 is 0 Å². The van der Waals surface area contributed by atoms with Gasteiger partial charge in [-0.2, -0.15) is 0 Å². The van der Waals surface area contributed by atoms with Gasteiger partial charge < -0.3 is 74.4 Å². The van der Waals surface area contributed by atoms with Gasteiger partial charge in [0.15, 0.2) is 30.0 Å². The largest absolute Gasteiger partial charge is 0.508 e. The van der Waals surface area contributed by atoms with E-state index in [1.807, 2.05) is 0 Å². The highest BCUT2D eigenvalue weighted by Gasteiger charge is 2.49. The number of ether oxygens (including phenoxy) is 6. The summed E-state index contributed by atoms with van der Waals surface area (Å²) in [7, 11) is 0.